The maximum absolute atomic E-state index is 14.2. The third-order valence-corrected chi connectivity index (χ3v) is 11.9. The molecular weight excluding hydrogens is 901 g/mol. The van der Waals surface area contributed by atoms with E-state index in [9.17, 15) is 9.59 Å². The molecule has 0 fully saturated rings. The first-order chi connectivity index (χ1) is 32.7. The van der Waals surface area contributed by atoms with Crippen molar-refractivity contribution in [2.75, 3.05) is 92.5 Å². The average Bonchev–Trinajstić information content (AvgIpc) is 3.28. The van der Waals surface area contributed by atoms with Crippen LogP contribution in [0, 0.1) is 5.41 Å². The summed E-state index contributed by atoms with van der Waals surface area (Å²) in [5.74, 6) is -16.7. The van der Waals surface area contributed by atoms with Gasteiger partial charge in [0.15, 0.2) is 22.7 Å². The smallest absolute Gasteiger partial charge is 0.336 e. The minimum Gasteiger partial charge on any atom is -0.491 e. The van der Waals surface area contributed by atoms with Gasteiger partial charge in [0, 0.05) is 95.8 Å². The molecule has 0 amide bonds. The van der Waals surface area contributed by atoms with Gasteiger partial charge in [-0.2, -0.15) is 0 Å². The normalized spacial score (nSPS) is 25.8. The third kappa shape index (κ3) is 9.72. The van der Waals surface area contributed by atoms with Crippen molar-refractivity contribution in [2.24, 2.45) is 5.41 Å². The van der Waals surface area contributed by atoms with Gasteiger partial charge in [0.25, 0.3) is 11.6 Å². The highest BCUT2D eigenvalue weighted by molar-refractivity contribution is 5.88. The van der Waals surface area contributed by atoms with Crippen molar-refractivity contribution in [2.45, 2.75) is 171 Å². The fourth-order valence-corrected chi connectivity index (χ4v) is 9.96. The Bertz CT molecular complexity index is 1600. The lowest BCUT2D eigenvalue weighted by atomic mass is 9.51. The zero-order valence-corrected chi connectivity index (χ0v) is 45.3. The summed E-state index contributed by atoms with van der Waals surface area (Å²) >= 11 is 0. The van der Waals surface area contributed by atoms with Gasteiger partial charge < -0.3 is 75.8 Å². The van der Waals surface area contributed by atoms with Crippen molar-refractivity contribution < 1.29 is 85.4 Å². The van der Waals surface area contributed by atoms with Crippen LogP contribution in [0.5, 0.6) is 0 Å². The van der Waals surface area contributed by atoms with Gasteiger partial charge in [-0.3, -0.25) is 0 Å². The first-order valence-corrected chi connectivity index (χ1v) is 24.9. The molecule has 400 valence electrons. The summed E-state index contributed by atoms with van der Waals surface area (Å²) in [5, 5.41) is 0. The summed E-state index contributed by atoms with van der Waals surface area (Å²) in [6, 6.07) is 0. The molecule has 0 aromatic carbocycles. The van der Waals surface area contributed by atoms with E-state index >= 15 is 0 Å². The maximum Gasteiger partial charge on any atom is 0.336 e. The molecule has 0 N–H and O–H groups in total. The van der Waals surface area contributed by atoms with E-state index in [1.165, 1.54) is 13.8 Å². The fourth-order valence-electron chi connectivity index (χ4n) is 9.96. The number of hydrogen-bond donors (Lipinski definition) is 0. The minimum atomic E-state index is -2.50. The van der Waals surface area contributed by atoms with Crippen LogP contribution in [0.1, 0.15) is 125 Å². The fraction of sp³-hybridized carbons (Fsp3) is 0.804. The predicted octanol–water partition coefficient (Wildman–Crippen LogP) is 8.21. The van der Waals surface area contributed by atoms with Crippen molar-refractivity contribution in [3.05, 3.63) is 48.0 Å². The molecule has 0 heterocycles. The Morgan fingerprint density at radius 2 is 0.623 bits per heavy atom. The second-order valence-electron chi connectivity index (χ2n) is 16.2. The SMILES string of the molecule is C=C(C)C(=O)OC1(OCC)C(OCC)=CC(OCC)(C(C)(C)C2(OCC)C=C(OCC)C(OCC)(OC(=O)C(=C)C)C(OCC)(OCC)C2(OCC)OCC)C(OCC)(OCC)C1(OCC)OCC. The molecule has 4 atom stereocenters. The van der Waals surface area contributed by atoms with Crippen molar-refractivity contribution in [1.82, 2.24) is 0 Å². The highest BCUT2D eigenvalue weighted by Crippen LogP contribution is 2.70. The van der Waals surface area contributed by atoms with Crippen LogP contribution < -0.4 is 0 Å². The van der Waals surface area contributed by atoms with E-state index in [4.69, 9.17) is 75.8 Å². The Morgan fingerprint density at radius 1 is 0.391 bits per heavy atom. The number of carbonyl (C=O) groups is 2. The van der Waals surface area contributed by atoms with E-state index in [-0.39, 0.29) is 115 Å². The Hall–Kier alpha value is -2.98. The summed E-state index contributed by atoms with van der Waals surface area (Å²) in [5.41, 5.74) is -6.15. The minimum absolute atomic E-state index is 0.00803. The monoisotopic (exact) mass is 989 g/mol. The second-order valence-corrected chi connectivity index (χ2v) is 16.2. The lowest BCUT2D eigenvalue weighted by molar-refractivity contribution is -0.543. The van der Waals surface area contributed by atoms with Gasteiger partial charge >= 0.3 is 35.1 Å². The summed E-state index contributed by atoms with van der Waals surface area (Å²) in [6.07, 6.45) is 3.21. The second kappa shape index (κ2) is 26.1. The Labute approximate surface area is 412 Å². The number of carbonyl (C=O) groups excluding carboxylic acids is 2. The average molecular weight is 989 g/mol. The molecule has 0 aromatic rings. The van der Waals surface area contributed by atoms with Crippen molar-refractivity contribution >= 4 is 11.9 Å². The van der Waals surface area contributed by atoms with E-state index in [0.717, 1.165) is 0 Å². The molecule has 0 saturated carbocycles. The van der Waals surface area contributed by atoms with Crippen molar-refractivity contribution in [1.29, 1.82) is 0 Å². The van der Waals surface area contributed by atoms with Gasteiger partial charge in [-0.25, -0.2) is 9.59 Å². The van der Waals surface area contributed by atoms with Gasteiger partial charge in [0.05, 0.1) is 13.2 Å². The zero-order valence-electron chi connectivity index (χ0n) is 45.3. The maximum atomic E-state index is 14.2. The van der Waals surface area contributed by atoms with Crippen LogP contribution in [0.2, 0.25) is 0 Å². The van der Waals surface area contributed by atoms with Gasteiger partial charge in [0.1, 0.15) is 0 Å². The molecule has 2 rings (SSSR count). The van der Waals surface area contributed by atoms with E-state index in [2.05, 4.69) is 13.2 Å². The van der Waals surface area contributed by atoms with Crippen LogP contribution >= 0.6 is 0 Å². The van der Waals surface area contributed by atoms with Crippen molar-refractivity contribution in [3.8, 4) is 0 Å². The zero-order chi connectivity index (χ0) is 52.6. The van der Waals surface area contributed by atoms with E-state index in [1.54, 1.807) is 109 Å². The lowest BCUT2D eigenvalue weighted by Gasteiger charge is -2.71. The van der Waals surface area contributed by atoms with E-state index < -0.39 is 63.3 Å². The summed E-state index contributed by atoms with van der Waals surface area (Å²) in [7, 11) is 0. The Balaban J connectivity index is 4.05. The van der Waals surface area contributed by atoms with Crippen LogP contribution in [0.4, 0.5) is 0 Å². The first-order valence-electron chi connectivity index (χ1n) is 24.9. The largest absolute Gasteiger partial charge is 0.491 e. The number of rotatable bonds is 34. The first kappa shape index (κ1) is 62.1. The number of hydrogen-bond acceptors (Lipinski definition) is 18. The molecule has 0 saturated heterocycles. The Kier molecular flexibility index (Phi) is 23.5. The lowest BCUT2D eigenvalue weighted by Crippen LogP contribution is -2.91. The van der Waals surface area contributed by atoms with Crippen LogP contribution in [0.3, 0.4) is 0 Å². The summed E-state index contributed by atoms with van der Waals surface area (Å²) in [4.78, 5) is 28.4. The summed E-state index contributed by atoms with van der Waals surface area (Å²) in [6.45, 7) is 38.0. The van der Waals surface area contributed by atoms with Gasteiger partial charge in [-0.05, 0) is 123 Å². The van der Waals surface area contributed by atoms with Gasteiger partial charge in [-0.15, -0.1) is 0 Å². The van der Waals surface area contributed by atoms with Crippen molar-refractivity contribution in [3.63, 3.8) is 0 Å². The Morgan fingerprint density at radius 3 is 0.826 bits per heavy atom. The van der Waals surface area contributed by atoms with Gasteiger partial charge in [-0.1, -0.05) is 27.0 Å². The number of esters is 2. The molecule has 0 radical (unpaired) electrons. The quantitative estimate of drug-likeness (QED) is 0.0341. The molecule has 69 heavy (non-hydrogen) atoms. The third-order valence-electron chi connectivity index (χ3n) is 11.9. The predicted molar refractivity (Wildman–Crippen MR) is 256 cm³/mol. The molecule has 0 spiro atoms. The highest BCUT2D eigenvalue weighted by Gasteiger charge is 2.92. The molecule has 18 heteroatoms. The van der Waals surface area contributed by atoms with Gasteiger partial charge in [0.2, 0.25) is 0 Å². The molecule has 0 bridgehead atoms. The summed E-state index contributed by atoms with van der Waals surface area (Å²) < 4.78 is 112. The molecule has 2 aliphatic carbocycles. The topological polar surface area (TPSA) is 182 Å². The van der Waals surface area contributed by atoms with Crippen LogP contribution in [-0.4, -0.2) is 150 Å². The van der Waals surface area contributed by atoms with Crippen LogP contribution in [0.25, 0.3) is 0 Å². The number of ether oxygens (including phenoxy) is 16. The molecular formula is C51H88O18. The van der Waals surface area contributed by atoms with E-state index in [1.807, 2.05) is 13.8 Å². The standard InChI is InChI=1S/C51H88O18/c1-21-54-39-35-44(56-23-3,48(60-27-7,61-28-8)50(64-31-11,65-32-12)46(39,58-25-5)68-41(52)37(15)16)43(19,20)45(57-24-4)36-40(55-22-2)47(59-26-6,69-42(53)38(17)18)51(66-33-13,67-34-14)49(45,62-29-9)63-30-10/h35-36H,15,17,21-34H2,1-14,16,18-20H3. The molecule has 2 aliphatic rings. The molecule has 0 aliphatic heterocycles. The van der Waals surface area contributed by atoms with Crippen LogP contribution in [0.15, 0.2) is 48.0 Å². The molecule has 4 unspecified atom stereocenters. The van der Waals surface area contributed by atoms with Crippen LogP contribution in [-0.2, 0) is 85.4 Å². The van der Waals surface area contributed by atoms with E-state index in [0.29, 0.717) is 0 Å². The molecule has 0 aromatic heterocycles. The highest BCUT2D eigenvalue weighted by atomic mass is 16.9. The molecule has 18 nitrogen and oxygen atoms in total.